The Morgan fingerprint density at radius 1 is 0.951 bits per heavy atom. The molecule has 11 heteroatoms. The second-order valence-electron chi connectivity index (χ2n) is 11.7. The fraction of sp³-hybridized carbons (Fsp3) is 0.567. The average Bonchev–Trinajstić information content (AvgIpc) is 3.28. The molecule has 0 unspecified atom stereocenters. The molecule has 2 aliphatic rings. The van der Waals surface area contributed by atoms with E-state index in [1.54, 1.807) is 13.2 Å². The van der Waals surface area contributed by atoms with E-state index in [2.05, 4.69) is 37.5 Å². The van der Waals surface area contributed by atoms with Crippen LogP contribution < -0.4 is 15.2 Å². The summed E-state index contributed by atoms with van der Waals surface area (Å²) >= 11 is 0. The van der Waals surface area contributed by atoms with Gasteiger partial charge in [-0.25, -0.2) is 0 Å². The number of anilines is 1. The molecule has 41 heavy (non-hydrogen) atoms. The molecule has 0 aliphatic carbocycles. The lowest BCUT2D eigenvalue weighted by Gasteiger charge is -2.37. The smallest absolute Gasteiger partial charge is 0.256 e. The van der Waals surface area contributed by atoms with Crippen LogP contribution in [0.1, 0.15) is 25.3 Å². The first-order chi connectivity index (χ1) is 19.5. The first kappa shape index (κ1) is 31.6. The Labute approximate surface area is 241 Å². The number of aliphatic hydroxyl groups is 5. The molecule has 0 bridgehead atoms. The number of hydrogen-bond donors (Lipinski definition) is 6. The number of aliphatic hydroxyl groups excluding tert-OH is 5. The van der Waals surface area contributed by atoms with Gasteiger partial charge in [0.05, 0.1) is 27.4 Å². The van der Waals surface area contributed by atoms with Crippen molar-refractivity contribution in [2.75, 3.05) is 19.0 Å². The van der Waals surface area contributed by atoms with E-state index in [4.69, 9.17) is 14.2 Å². The van der Waals surface area contributed by atoms with Crippen LogP contribution in [-0.4, -0.2) is 96.1 Å². The minimum absolute atomic E-state index is 0.0139. The SMILES string of the molecule is COc1ccc([Si](C)(C)[C@@H]2[C@@H](C)[C@@H](CCc3cccc(NC(=O)[C@H]4O[C@@H](O)[C@H](O)[C@@H](O)[C@@H]4O)c3)O[C@H]2CCO)cc1. The van der Waals surface area contributed by atoms with Gasteiger partial charge < -0.3 is 45.1 Å². The number of nitrogens with one attached hydrogen (secondary N) is 1. The number of ether oxygens (including phenoxy) is 3. The zero-order valence-corrected chi connectivity index (χ0v) is 25.0. The molecule has 226 valence electrons. The minimum atomic E-state index is -1.98. The molecule has 2 aromatic rings. The summed E-state index contributed by atoms with van der Waals surface area (Å²) in [6.07, 6.45) is -6.40. The monoisotopic (exact) mass is 589 g/mol. The molecule has 6 N–H and O–H groups in total. The quantitative estimate of drug-likeness (QED) is 0.224. The van der Waals surface area contributed by atoms with E-state index in [-0.39, 0.29) is 24.7 Å². The molecule has 0 radical (unpaired) electrons. The Hall–Kier alpha value is -2.35. The first-order valence-corrected chi connectivity index (χ1v) is 17.2. The van der Waals surface area contributed by atoms with Crippen molar-refractivity contribution in [3.63, 3.8) is 0 Å². The Morgan fingerprint density at radius 2 is 1.66 bits per heavy atom. The molecule has 0 spiro atoms. The van der Waals surface area contributed by atoms with Crippen LogP contribution in [0.5, 0.6) is 5.75 Å². The van der Waals surface area contributed by atoms with Gasteiger partial charge in [0, 0.05) is 12.3 Å². The van der Waals surface area contributed by atoms with Gasteiger partial charge in [-0.05, 0) is 60.6 Å². The predicted octanol–water partition coefficient (Wildman–Crippen LogP) is 1.14. The van der Waals surface area contributed by atoms with Crippen LogP contribution >= 0.6 is 0 Å². The normalized spacial score (nSPS) is 32.1. The summed E-state index contributed by atoms with van der Waals surface area (Å²) in [6, 6.07) is 15.6. The zero-order valence-electron chi connectivity index (χ0n) is 24.0. The van der Waals surface area contributed by atoms with Crippen molar-refractivity contribution in [3.05, 3.63) is 54.1 Å². The maximum Gasteiger partial charge on any atom is 0.256 e. The molecule has 2 aliphatic heterocycles. The van der Waals surface area contributed by atoms with E-state index in [9.17, 15) is 30.3 Å². The van der Waals surface area contributed by atoms with Crippen molar-refractivity contribution in [1.82, 2.24) is 0 Å². The molecule has 9 atom stereocenters. The molecule has 2 saturated heterocycles. The van der Waals surface area contributed by atoms with Gasteiger partial charge in [-0.2, -0.15) is 0 Å². The molecule has 2 heterocycles. The van der Waals surface area contributed by atoms with Gasteiger partial charge in [-0.15, -0.1) is 0 Å². The van der Waals surface area contributed by atoms with Gasteiger partial charge in [0.1, 0.15) is 24.1 Å². The summed E-state index contributed by atoms with van der Waals surface area (Å²) in [5, 5.41) is 53.2. The highest BCUT2D eigenvalue weighted by Gasteiger charge is 2.50. The number of aryl methyl sites for hydroxylation is 1. The molecule has 1 amide bonds. The second kappa shape index (κ2) is 13.3. The molecular weight excluding hydrogens is 546 g/mol. The van der Waals surface area contributed by atoms with E-state index >= 15 is 0 Å². The summed E-state index contributed by atoms with van der Waals surface area (Å²) < 4.78 is 17.0. The topological polar surface area (TPSA) is 158 Å². The van der Waals surface area contributed by atoms with Crippen molar-refractivity contribution in [2.45, 2.75) is 87.7 Å². The molecule has 0 saturated carbocycles. The maximum atomic E-state index is 12.7. The number of carbonyl (C=O) groups excluding carboxylic acids is 1. The predicted molar refractivity (Wildman–Crippen MR) is 156 cm³/mol. The Kier molecular flexibility index (Phi) is 10.2. The molecular formula is C30H43NO9Si. The van der Waals surface area contributed by atoms with E-state index in [0.717, 1.165) is 17.7 Å². The third kappa shape index (κ3) is 6.84. The molecule has 0 aromatic heterocycles. The summed E-state index contributed by atoms with van der Waals surface area (Å²) in [4.78, 5) is 12.7. The van der Waals surface area contributed by atoms with Crippen LogP contribution in [0.15, 0.2) is 48.5 Å². The number of benzene rings is 2. The standard InChI is InChI=1S/C30H43NO9Si/c1-17-22(39-23(14-15-32)28(17)41(3,4)21-11-9-20(38-2)10-12-21)13-8-18-6-5-7-19(16-18)31-29(36)27-25(34)24(33)26(35)30(37)40-27/h5-7,9-12,16-17,22-28,30,32-35,37H,8,13-15H2,1-4H3,(H,31,36)/t17-,22+,23-,24-,25-,26+,27-,28+,30+/m0/s1. The largest absolute Gasteiger partial charge is 0.497 e. The van der Waals surface area contributed by atoms with Crippen LogP contribution in [0.2, 0.25) is 18.6 Å². The Balaban J connectivity index is 1.41. The number of methoxy groups -OCH3 is 1. The van der Waals surface area contributed by atoms with Crippen LogP contribution in [0.3, 0.4) is 0 Å². The second-order valence-corrected chi connectivity index (χ2v) is 16.4. The van der Waals surface area contributed by atoms with Gasteiger partial charge >= 0.3 is 0 Å². The van der Waals surface area contributed by atoms with Crippen molar-refractivity contribution in [2.24, 2.45) is 5.92 Å². The van der Waals surface area contributed by atoms with Crippen molar-refractivity contribution < 1.29 is 44.5 Å². The molecule has 2 fully saturated rings. The zero-order chi connectivity index (χ0) is 29.9. The van der Waals surface area contributed by atoms with Crippen molar-refractivity contribution >= 4 is 24.9 Å². The van der Waals surface area contributed by atoms with Crippen LogP contribution in [0, 0.1) is 5.92 Å². The van der Waals surface area contributed by atoms with E-state index in [1.165, 1.54) is 5.19 Å². The number of carbonyl (C=O) groups is 1. The maximum absolute atomic E-state index is 12.7. The molecule has 4 rings (SSSR count). The third-order valence-electron chi connectivity index (χ3n) is 8.74. The minimum Gasteiger partial charge on any atom is -0.497 e. The lowest BCUT2D eigenvalue weighted by molar-refractivity contribution is -0.274. The summed E-state index contributed by atoms with van der Waals surface area (Å²) in [6.45, 7) is 7.05. The van der Waals surface area contributed by atoms with Gasteiger partial charge in [0.15, 0.2) is 12.4 Å². The summed E-state index contributed by atoms with van der Waals surface area (Å²) in [5.74, 6) is 0.373. The van der Waals surface area contributed by atoms with Gasteiger partial charge in [0.2, 0.25) is 0 Å². The summed E-state index contributed by atoms with van der Waals surface area (Å²) in [5.41, 5.74) is 1.78. The third-order valence-corrected chi connectivity index (χ3v) is 13.1. The van der Waals surface area contributed by atoms with Crippen LogP contribution in [0.25, 0.3) is 0 Å². The van der Waals surface area contributed by atoms with Crippen molar-refractivity contribution in [1.29, 1.82) is 0 Å². The highest BCUT2D eigenvalue weighted by molar-refractivity contribution is 6.91. The van der Waals surface area contributed by atoms with Crippen LogP contribution in [0.4, 0.5) is 5.69 Å². The first-order valence-electron chi connectivity index (χ1n) is 14.2. The molecule has 2 aromatic carbocycles. The number of amides is 1. The number of hydrogen-bond acceptors (Lipinski definition) is 9. The van der Waals surface area contributed by atoms with Gasteiger partial charge in [-0.1, -0.05) is 49.5 Å². The Bertz CT molecular complexity index is 1160. The lowest BCUT2D eigenvalue weighted by Crippen LogP contribution is -2.60. The molecule has 10 nitrogen and oxygen atoms in total. The Morgan fingerprint density at radius 3 is 2.32 bits per heavy atom. The average molecular weight is 590 g/mol. The van der Waals surface area contributed by atoms with E-state index in [0.29, 0.717) is 24.1 Å². The highest BCUT2D eigenvalue weighted by Crippen LogP contribution is 2.46. The fourth-order valence-electron chi connectivity index (χ4n) is 6.45. The van der Waals surface area contributed by atoms with E-state index < -0.39 is 44.7 Å². The lowest BCUT2D eigenvalue weighted by atomic mass is 9.95. The van der Waals surface area contributed by atoms with Gasteiger partial charge in [-0.3, -0.25) is 4.79 Å². The highest BCUT2D eigenvalue weighted by atomic mass is 28.3. The van der Waals surface area contributed by atoms with Crippen LogP contribution in [-0.2, 0) is 20.7 Å². The fourth-order valence-corrected chi connectivity index (χ4v) is 10.6. The van der Waals surface area contributed by atoms with E-state index in [1.807, 2.05) is 30.3 Å². The van der Waals surface area contributed by atoms with Crippen molar-refractivity contribution in [3.8, 4) is 5.75 Å². The van der Waals surface area contributed by atoms with Gasteiger partial charge in [0.25, 0.3) is 5.91 Å². The number of rotatable bonds is 10. The summed E-state index contributed by atoms with van der Waals surface area (Å²) in [7, 11) is -0.321.